The number of H-pyrrole nitrogens is 1. The zero-order valence-electron chi connectivity index (χ0n) is 6.77. The molecule has 0 spiro atoms. The number of halogens is 2. The second-order valence-corrected chi connectivity index (χ2v) is 3.71. The number of benzene rings is 1. The van der Waals surface area contributed by atoms with E-state index in [0.717, 1.165) is 15.5 Å². The largest absolute Gasteiger partial charge is 0.494 e. The highest BCUT2D eigenvalue weighted by Gasteiger charge is 2.11. The summed E-state index contributed by atoms with van der Waals surface area (Å²) < 4.78 is 5.90. The second-order valence-electron chi connectivity index (χ2n) is 2.51. The van der Waals surface area contributed by atoms with E-state index in [0.29, 0.717) is 10.8 Å². The molecule has 0 aliphatic carbocycles. The summed E-state index contributed by atoms with van der Waals surface area (Å²) in [6.07, 6.45) is 0. The summed E-state index contributed by atoms with van der Waals surface area (Å²) in [5.41, 5.74) is 0.738. The standard InChI is InChI=1S/C8H6BrClN2O/c1-13-5-3-2-4(10)6-7(5)11-12-8(6)9/h2-3H,1H3,(H,11,12). The SMILES string of the molecule is COc1ccc(Cl)c2c(Br)[nH]nc12. The fourth-order valence-electron chi connectivity index (χ4n) is 1.19. The van der Waals surface area contributed by atoms with Crippen molar-refractivity contribution in [2.75, 3.05) is 7.11 Å². The van der Waals surface area contributed by atoms with E-state index in [4.69, 9.17) is 16.3 Å². The van der Waals surface area contributed by atoms with E-state index in [1.54, 1.807) is 19.2 Å². The van der Waals surface area contributed by atoms with Gasteiger partial charge in [-0.1, -0.05) is 11.6 Å². The minimum Gasteiger partial charge on any atom is -0.494 e. The molecule has 0 saturated heterocycles. The molecule has 0 atom stereocenters. The number of fused-ring (bicyclic) bond motifs is 1. The Morgan fingerprint density at radius 1 is 1.54 bits per heavy atom. The number of aromatic amines is 1. The highest BCUT2D eigenvalue weighted by Crippen LogP contribution is 2.34. The van der Waals surface area contributed by atoms with Crippen molar-refractivity contribution in [3.8, 4) is 5.75 Å². The summed E-state index contributed by atoms with van der Waals surface area (Å²) in [6, 6.07) is 3.57. The minimum atomic E-state index is 0.649. The number of ether oxygens (including phenoxy) is 1. The van der Waals surface area contributed by atoms with Crippen LogP contribution in [0, 0.1) is 0 Å². The molecule has 1 aromatic heterocycles. The Morgan fingerprint density at radius 2 is 2.31 bits per heavy atom. The third-order valence-corrected chi connectivity index (χ3v) is 2.68. The predicted octanol–water partition coefficient (Wildman–Crippen LogP) is 2.99. The van der Waals surface area contributed by atoms with Gasteiger partial charge in [0, 0.05) is 0 Å². The molecule has 1 N–H and O–H groups in total. The Kier molecular flexibility index (Phi) is 2.17. The number of hydrogen-bond acceptors (Lipinski definition) is 2. The maximum absolute atomic E-state index is 5.99. The van der Waals surface area contributed by atoms with E-state index >= 15 is 0 Å². The number of nitrogens with one attached hydrogen (secondary N) is 1. The summed E-state index contributed by atoms with van der Waals surface area (Å²) in [5, 5.41) is 8.36. The first-order valence-electron chi connectivity index (χ1n) is 3.60. The Morgan fingerprint density at radius 3 is 3.00 bits per heavy atom. The van der Waals surface area contributed by atoms with Crippen LogP contribution in [0.4, 0.5) is 0 Å². The lowest BCUT2D eigenvalue weighted by Crippen LogP contribution is -1.84. The molecule has 0 unspecified atom stereocenters. The summed E-state index contributed by atoms with van der Waals surface area (Å²) in [4.78, 5) is 0. The topological polar surface area (TPSA) is 37.9 Å². The molecule has 2 rings (SSSR count). The molecule has 0 radical (unpaired) electrons. The van der Waals surface area contributed by atoms with Gasteiger partial charge in [-0.2, -0.15) is 5.10 Å². The van der Waals surface area contributed by atoms with Gasteiger partial charge in [0.05, 0.1) is 17.5 Å². The summed E-state index contributed by atoms with van der Waals surface area (Å²) >= 11 is 9.31. The van der Waals surface area contributed by atoms with Gasteiger partial charge in [-0.15, -0.1) is 0 Å². The van der Waals surface area contributed by atoms with Gasteiger partial charge in [-0.05, 0) is 28.1 Å². The van der Waals surface area contributed by atoms with E-state index in [1.807, 2.05) is 0 Å². The van der Waals surface area contributed by atoms with E-state index < -0.39 is 0 Å². The van der Waals surface area contributed by atoms with Crippen molar-refractivity contribution in [2.45, 2.75) is 0 Å². The van der Waals surface area contributed by atoms with Crippen LogP contribution in [0.25, 0.3) is 10.9 Å². The van der Waals surface area contributed by atoms with Crippen molar-refractivity contribution in [3.63, 3.8) is 0 Å². The highest BCUT2D eigenvalue weighted by molar-refractivity contribution is 9.10. The third kappa shape index (κ3) is 1.30. The van der Waals surface area contributed by atoms with Crippen molar-refractivity contribution in [3.05, 3.63) is 21.8 Å². The smallest absolute Gasteiger partial charge is 0.147 e. The lowest BCUT2D eigenvalue weighted by molar-refractivity contribution is 0.419. The molecule has 0 aliphatic rings. The van der Waals surface area contributed by atoms with Gasteiger partial charge >= 0.3 is 0 Å². The molecule has 1 heterocycles. The van der Waals surface area contributed by atoms with Crippen LogP contribution in [-0.2, 0) is 0 Å². The molecule has 0 aliphatic heterocycles. The molecule has 13 heavy (non-hydrogen) atoms. The van der Waals surface area contributed by atoms with E-state index in [2.05, 4.69) is 26.1 Å². The fourth-order valence-corrected chi connectivity index (χ4v) is 2.04. The summed E-state index contributed by atoms with van der Waals surface area (Å²) in [6.45, 7) is 0. The van der Waals surface area contributed by atoms with Crippen LogP contribution in [0.3, 0.4) is 0 Å². The second kappa shape index (κ2) is 3.20. The average Bonchev–Trinajstić information content (AvgIpc) is 2.50. The van der Waals surface area contributed by atoms with Crippen LogP contribution in [0.1, 0.15) is 0 Å². The molecule has 0 amide bonds. The van der Waals surface area contributed by atoms with Crippen molar-refractivity contribution in [2.24, 2.45) is 0 Å². The number of nitrogens with zero attached hydrogens (tertiary/aromatic N) is 1. The Balaban J connectivity index is 2.87. The fraction of sp³-hybridized carbons (Fsp3) is 0.125. The van der Waals surface area contributed by atoms with Crippen LogP contribution in [0.5, 0.6) is 5.75 Å². The summed E-state index contributed by atoms with van der Waals surface area (Å²) in [7, 11) is 1.60. The normalized spacial score (nSPS) is 10.7. The van der Waals surface area contributed by atoms with Gasteiger partial charge in [-0.3, -0.25) is 5.10 Å². The Hall–Kier alpha value is -0.740. The first-order valence-corrected chi connectivity index (χ1v) is 4.77. The Labute approximate surface area is 88.2 Å². The van der Waals surface area contributed by atoms with Crippen molar-refractivity contribution >= 4 is 38.4 Å². The molecule has 0 bridgehead atoms. The molecule has 5 heteroatoms. The van der Waals surface area contributed by atoms with Gasteiger partial charge in [0.15, 0.2) is 0 Å². The van der Waals surface area contributed by atoms with Crippen LogP contribution in [-0.4, -0.2) is 17.3 Å². The molecule has 1 aromatic carbocycles. The minimum absolute atomic E-state index is 0.649. The number of aromatic nitrogens is 2. The van der Waals surface area contributed by atoms with E-state index in [-0.39, 0.29) is 0 Å². The molecule has 3 nitrogen and oxygen atoms in total. The third-order valence-electron chi connectivity index (χ3n) is 1.80. The molecule has 0 saturated carbocycles. The van der Waals surface area contributed by atoms with Gasteiger partial charge in [0.25, 0.3) is 0 Å². The van der Waals surface area contributed by atoms with Gasteiger partial charge in [0.1, 0.15) is 15.9 Å². The predicted molar refractivity (Wildman–Crippen MR) is 55.4 cm³/mol. The zero-order valence-corrected chi connectivity index (χ0v) is 9.11. The molecule has 68 valence electrons. The van der Waals surface area contributed by atoms with Gasteiger partial charge in [-0.25, -0.2) is 0 Å². The van der Waals surface area contributed by atoms with Crippen LogP contribution < -0.4 is 4.74 Å². The van der Waals surface area contributed by atoms with Gasteiger partial charge in [0.2, 0.25) is 0 Å². The van der Waals surface area contributed by atoms with Gasteiger partial charge < -0.3 is 4.74 Å². The zero-order chi connectivity index (χ0) is 9.42. The molecule has 2 aromatic rings. The van der Waals surface area contributed by atoms with Crippen molar-refractivity contribution < 1.29 is 4.74 Å². The number of methoxy groups -OCH3 is 1. The molecular weight excluding hydrogens is 255 g/mol. The first-order chi connectivity index (χ1) is 6.24. The van der Waals surface area contributed by atoms with Crippen molar-refractivity contribution in [1.29, 1.82) is 0 Å². The average molecular weight is 262 g/mol. The number of rotatable bonds is 1. The maximum Gasteiger partial charge on any atom is 0.147 e. The summed E-state index contributed by atoms with van der Waals surface area (Å²) in [5.74, 6) is 0.710. The Bertz CT molecular complexity index is 455. The van der Waals surface area contributed by atoms with Crippen LogP contribution in [0.15, 0.2) is 16.7 Å². The monoisotopic (exact) mass is 260 g/mol. The van der Waals surface area contributed by atoms with E-state index in [1.165, 1.54) is 0 Å². The van der Waals surface area contributed by atoms with E-state index in [9.17, 15) is 0 Å². The lowest BCUT2D eigenvalue weighted by Gasteiger charge is -2.00. The van der Waals surface area contributed by atoms with Crippen LogP contribution in [0.2, 0.25) is 5.02 Å². The maximum atomic E-state index is 5.99. The molecular formula is C8H6BrClN2O. The molecule has 0 fully saturated rings. The first kappa shape index (κ1) is 8.84. The highest BCUT2D eigenvalue weighted by atomic mass is 79.9. The van der Waals surface area contributed by atoms with Crippen molar-refractivity contribution in [1.82, 2.24) is 10.2 Å². The van der Waals surface area contributed by atoms with Crippen LogP contribution >= 0.6 is 27.5 Å². The quantitative estimate of drug-likeness (QED) is 0.857. The lowest BCUT2D eigenvalue weighted by atomic mass is 10.2. The number of hydrogen-bond donors (Lipinski definition) is 1.